The van der Waals surface area contributed by atoms with Gasteiger partial charge in [0.15, 0.2) is 0 Å². The number of piperidine rings is 1. The van der Waals surface area contributed by atoms with Gasteiger partial charge in [-0.05, 0) is 43.4 Å². The molecule has 21 heavy (non-hydrogen) atoms. The summed E-state index contributed by atoms with van der Waals surface area (Å²) in [5.74, 6) is 1.11. The third-order valence-corrected chi connectivity index (χ3v) is 4.29. The van der Waals surface area contributed by atoms with Crippen LogP contribution in [-0.2, 0) is 4.79 Å². The van der Waals surface area contributed by atoms with E-state index in [1.54, 1.807) is 13.0 Å². The average molecular weight is 329 g/mol. The van der Waals surface area contributed by atoms with E-state index in [9.17, 15) is 4.79 Å². The summed E-state index contributed by atoms with van der Waals surface area (Å²) < 4.78 is 0. The Labute approximate surface area is 136 Å². The molecule has 1 aromatic carbocycles. The third-order valence-electron chi connectivity index (χ3n) is 3.79. The quantitative estimate of drug-likeness (QED) is 0.834. The number of benzene rings is 1. The van der Waals surface area contributed by atoms with Crippen LogP contribution >= 0.6 is 23.2 Å². The van der Waals surface area contributed by atoms with E-state index in [1.807, 2.05) is 12.1 Å². The number of alkyl halides is 1. The molecule has 116 valence electrons. The molecule has 0 bridgehead atoms. The first-order chi connectivity index (χ1) is 9.86. The standard InChI is InChI=1S/C16H22Cl2N2O/c1-10-6-11(2)9-20(8-10)15-5-4-13(7-14(15)18)19-16(21)12(3)17/h4-5,7,10-12H,6,8-9H2,1-3H3,(H,19,21)/t10-,11-,12-/m1/s1. The van der Waals surface area contributed by atoms with Crippen molar-refractivity contribution < 1.29 is 4.79 Å². The van der Waals surface area contributed by atoms with Crippen molar-refractivity contribution in [2.45, 2.75) is 32.6 Å². The SMILES string of the molecule is C[C@@H]1C[C@@H](C)CN(c2ccc(NC(=O)[C@@H](C)Cl)cc2Cl)C1. The van der Waals surface area contributed by atoms with Crippen LogP contribution in [0.1, 0.15) is 27.2 Å². The van der Waals surface area contributed by atoms with E-state index in [4.69, 9.17) is 23.2 Å². The minimum atomic E-state index is -0.563. The van der Waals surface area contributed by atoms with Gasteiger partial charge in [0, 0.05) is 18.8 Å². The maximum absolute atomic E-state index is 11.6. The van der Waals surface area contributed by atoms with E-state index in [2.05, 4.69) is 24.1 Å². The molecule has 0 spiro atoms. The van der Waals surface area contributed by atoms with Crippen molar-refractivity contribution in [2.24, 2.45) is 11.8 Å². The van der Waals surface area contributed by atoms with Crippen molar-refractivity contribution in [2.75, 3.05) is 23.3 Å². The molecule has 0 aliphatic carbocycles. The van der Waals surface area contributed by atoms with Crippen LogP contribution in [-0.4, -0.2) is 24.4 Å². The Morgan fingerprint density at radius 2 is 1.95 bits per heavy atom. The summed E-state index contributed by atoms with van der Waals surface area (Å²) in [5, 5.41) is 2.86. The molecule has 3 atom stereocenters. The number of amides is 1. The zero-order valence-corrected chi connectivity index (χ0v) is 14.2. The van der Waals surface area contributed by atoms with Crippen LogP contribution in [0.25, 0.3) is 0 Å². The average Bonchev–Trinajstić information content (AvgIpc) is 2.37. The molecule has 1 heterocycles. The lowest BCUT2D eigenvalue weighted by Crippen LogP contribution is -2.38. The Hall–Kier alpha value is -0.930. The molecule has 1 aliphatic rings. The van der Waals surface area contributed by atoms with E-state index in [1.165, 1.54) is 6.42 Å². The number of carbonyl (C=O) groups is 1. The molecule has 1 saturated heterocycles. The molecule has 1 aliphatic heterocycles. The Balaban J connectivity index is 2.13. The maximum atomic E-state index is 11.6. The van der Waals surface area contributed by atoms with Crippen molar-refractivity contribution in [3.8, 4) is 0 Å². The summed E-state index contributed by atoms with van der Waals surface area (Å²) in [4.78, 5) is 13.9. The molecule has 0 aromatic heterocycles. The highest BCUT2D eigenvalue weighted by Gasteiger charge is 2.23. The molecular weight excluding hydrogens is 307 g/mol. The summed E-state index contributed by atoms with van der Waals surface area (Å²) in [7, 11) is 0. The van der Waals surface area contributed by atoms with Crippen LogP contribution in [0.15, 0.2) is 18.2 Å². The van der Waals surface area contributed by atoms with Gasteiger partial charge in [0.1, 0.15) is 5.38 Å². The van der Waals surface area contributed by atoms with Gasteiger partial charge in [-0.25, -0.2) is 0 Å². The summed E-state index contributed by atoms with van der Waals surface area (Å²) in [6.07, 6.45) is 1.26. The van der Waals surface area contributed by atoms with Gasteiger partial charge in [0.2, 0.25) is 5.91 Å². The van der Waals surface area contributed by atoms with Gasteiger partial charge in [-0.15, -0.1) is 11.6 Å². The van der Waals surface area contributed by atoms with E-state index >= 15 is 0 Å². The molecule has 1 fully saturated rings. The van der Waals surface area contributed by atoms with Gasteiger partial charge < -0.3 is 10.2 Å². The first-order valence-electron chi connectivity index (χ1n) is 7.36. The fourth-order valence-electron chi connectivity index (χ4n) is 2.94. The summed E-state index contributed by atoms with van der Waals surface area (Å²) >= 11 is 12.1. The van der Waals surface area contributed by atoms with Gasteiger partial charge in [-0.3, -0.25) is 4.79 Å². The Bertz CT molecular complexity index is 509. The molecule has 0 unspecified atom stereocenters. The molecule has 2 rings (SSSR count). The fourth-order valence-corrected chi connectivity index (χ4v) is 3.30. The van der Waals surface area contributed by atoms with Crippen molar-refractivity contribution in [3.05, 3.63) is 23.2 Å². The van der Waals surface area contributed by atoms with Crippen LogP contribution in [0.5, 0.6) is 0 Å². The lowest BCUT2D eigenvalue weighted by Gasteiger charge is -2.37. The van der Waals surface area contributed by atoms with Crippen molar-refractivity contribution in [1.82, 2.24) is 0 Å². The van der Waals surface area contributed by atoms with Crippen LogP contribution in [0.4, 0.5) is 11.4 Å². The topological polar surface area (TPSA) is 32.3 Å². The molecule has 1 N–H and O–H groups in total. The zero-order chi connectivity index (χ0) is 15.6. The number of nitrogens with one attached hydrogen (secondary N) is 1. The smallest absolute Gasteiger partial charge is 0.242 e. The van der Waals surface area contributed by atoms with Crippen LogP contribution in [0, 0.1) is 11.8 Å². The number of halogens is 2. The van der Waals surface area contributed by atoms with Gasteiger partial charge in [0.05, 0.1) is 10.7 Å². The van der Waals surface area contributed by atoms with E-state index in [-0.39, 0.29) is 5.91 Å². The number of anilines is 2. The summed E-state index contributed by atoms with van der Waals surface area (Å²) in [6.45, 7) is 8.23. The third kappa shape index (κ3) is 4.27. The molecule has 0 saturated carbocycles. The summed E-state index contributed by atoms with van der Waals surface area (Å²) in [5.41, 5.74) is 1.71. The monoisotopic (exact) mass is 328 g/mol. The number of hydrogen-bond donors (Lipinski definition) is 1. The lowest BCUT2D eigenvalue weighted by molar-refractivity contribution is -0.115. The largest absolute Gasteiger partial charge is 0.370 e. The van der Waals surface area contributed by atoms with E-state index in [0.717, 1.165) is 18.8 Å². The second-order valence-electron chi connectivity index (χ2n) is 6.12. The highest BCUT2D eigenvalue weighted by atomic mass is 35.5. The van der Waals surface area contributed by atoms with Gasteiger partial charge in [0.25, 0.3) is 0 Å². The number of carbonyl (C=O) groups excluding carboxylic acids is 1. The summed E-state index contributed by atoms with van der Waals surface area (Å²) in [6, 6.07) is 5.64. The van der Waals surface area contributed by atoms with Crippen molar-refractivity contribution in [3.63, 3.8) is 0 Å². The molecule has 1 amide bonds. The Kier molecular flexibility index (Phi) is 5.39. The fraction of sp³-hybridized carbons (Fsp3) is 0.562. The van der Waals surface area contributed by atoms with Crippen LogP contribution in [0.3, 0.4) is 0 Å². The highest BCUT2D eigenvalue weighted by Crippen LogP contribution is 2.33. The van der Waals surface area contributed by atoms with Gasteiger partial charge in [-0.1, -0.05) is 25.4 Å². The predicted molar refractivity (Wildman–Crippen MR) is 90.6 cm³/mol. The van der Waals surface area contributed by atoms with Crippen LogP contribution < -0.4 is 10.2 Å². The second kappa shape index (κ2) is 6.89. The van der Waals surface area contributed by atoms with Gasteiger partial charge in [-0.2, -0.15) is 0 Å². The normalized spacial score (nSPS) is 23.8. The number of rotatable bonds is 3. The van der Waals surface area contributed by atoms with Crippen molar-refractivity contribution >= 4 is 40.5 Å². The highest BCUT2D eigenvalue weighted by molar-refractivity contribution is 6.34. The maximum Gasteiger partial charge on any atom is 0.242 e. The minimum absolute atomic E-state index is 0.222. The number of hydrogen-bond acceptors (Lipinski definition) is 2. The van der Waals surface area contributed by atoms with E-state index < -0.39 is 5.38 Å². The molecule has 0 radical (unpaired) electrons. The predicted octanol–water partition coefficient (Wildman–Crippen LogP) is 4.39. The first-order valence-corrected chi connectivity index (χ1v) is 8.17. The Morgan fingerprint density at radius 3 is 2.48 bits per heavy atom. The second-order valence-corrected chi connectivity index (χ2v) is 7.18. The molecule has 5 heteroatoms. The zero-order valence-electron chi connectivity index (χ0n) is 12.7. The molecule has 3 nitrogen and oxygen atoms in total. The van der Waals surface area contributed by atoms with Crippen molar-refractivity contribution in [1.29, 1.82) is 0 Å². The van der Waals surface area contributed by atoms with Crippen LogP contribution in [0.2, 0.25) is 5.02 Å². The first kappa shape index (κ1) is 16.4. The van der Waals surface area contributed by atoms with Gasteiger partial charge >= 0.3 is 0 Å². The minimum Gasteiger partial charge on any atom is -0.370 e. The number of nitrogens with zero attached hydrogens (tertiary/aromatic N) is 1. The molecular formula is C16H22Cl2N2O. The Morgan fingerprint density at radius 1 is 1.33 bits per heavy atom. The lowest BCUT2D eigenvalue weighted by atomic mass is 9.91. The van der Waals surface area contributed by atoms with E-state index in [0.29, 0.717) is 22.5 Å². The molecule has 1 aromatic rings.